The fraction of sp³-hybridized carbons (Fsp3) is 0.412. The molecule has 2 rings (SSSR count). The molecule has 6 heteroatoms. The number of carbonyl (C=O) groups is 1. The van der Waals surface area contributed by atoms with Crippen LogP contribution in [0.3, 0.4) is 0 Å². The molecule has 2 N–H and O–H groups in total. The number of nitrogens with one attached hydrogen (secondary N) is 1. The largest absolute Gasteiger partial charge is 0.490 e. The molecule has 6 nitrogen and oxygen atoms in total. The van der Waals surface area contributed by atoms with E-state index in [4.69, 9.17) is 9.84 Å². The Morgan fingerprint density at radius 3 is 2.78 bits per heavy atom. The zero-order valence-corrected chi connectivity index (χ0v) is 13.5. The summed E-state index contributed by atoms with van der Waals surface area (Å²) in [4.78, 5) is 12.4. The molecule has 1 unspecified atom stereocenters. The van der Waals surface area contributed by atoms with Crippen LogP contribution in [0.15, 0.2) is 36.5 Å². The lowest BCUT2D eigenvalue weighted by Crippen LogP contribution is -2.29. The first kappa shape index (κ1) is 17.0. The highest BCUT2D eigenvalue weighted by atomic mass is 16.5. The number of hydrogen-bond donors (Lipinski definition) is 2. The van der Waals surface area contributed by atoms with Crippen LogP contribution in [0.4, 0.5) is 0 Å². The molecule has 1 amide bonds. The minimum absolute atomic E-state index is 0.115. The van der Waals surface area contributed by atoms with Gasteiger partial charge in [0, 0.05) is 13.2 Å². The average Bonchev–Trinajstić information content (AvgIpc) is 2.98. The molecule has 23 heavy (non-hydrogen) atoms. The van der Waals surface area contributed by atoms with Crippen LogP contribution in [0.2, 0.25) is 0 Å². The summed E-state index contributed by atoms with van der Waals surface area (Å²) in [5, 5.41) is 16.1. The molecule has 0 spiro atoms. The molecule has 0 aliphatic heterocycles. The van der Waals surface area contributed by atoms with Gasteiger partial charge in [0.2, 0.25) is 0 Å². The molecule has 0 saturated carbocycles. The van der Waals surface area contributed by atoms with Crippen molar-refractivity contribution in [1.29, 1.82) is 0 Å². The predicted molar refractivity (Wildman–Crippen MR) is 87.9 cm³/mol. The van der Waals surface area contributed by atoms with E-state index in [0.29, 0.717) is 25.3 Å². The van der Waals surface area contributed by atoms with Gasteiger partial charge in [-0.15, -0.1) is 0 Å². The third kappa shape index (κ3) is 4.56. The lowest BCUT2D eigenvalue weighted by Gasteiger charge is -2.10. The number of carbonyl (C=O) groups excluding carboxylic acids is 1. The van der Waals surface area contributed by atoms with Crippen LogP contribution in [0.1, 0.15) is 30.8 Å². The van der Waals surface area contributed by atoms with Gasteiger partial charge in [0.25, 0.3) is 5.91 Å². The maximum atomic E-state index is 12.4. The molecule has 0 saturated heterocycles. The monoisotopic (exact) mass is 317 g/mol. The van der Waals surface area contributed by atoms with Crippen molar-refractivity contribution in [3.8, 4) is 11.4 Å². The Bertz CT molecular complexity index is 625. The Balaban J connectivity index is 2.16. The summed E-state index contributed by atoms with van der Waals surface area (Å²) in [6.45, 7) is 4.90. The number of aromatic nitrogens is 2. The van der Waals surface area contributed by atoms with E-state index in [1.54, 1.807) is 10.9 Å². The Hall–Kier alpha value is -2.34. The van der Waals surface area contributed by atoms with Gasteiger partial charge in [-0.3, -0.25) is 4.79 Å². The van der Waals surface area contributed by atoms with Gasteiger partial charge in [0.05, 0.1) is 18.5 Å². The number of rotatable bonds is 8. The molecule has 0 aliphatic carbocycles. The number of para-hydroxylation sites is 1. The minimum atomic E-state index is -0.270. The van der Waals surface area contributed by atoms with Crippen molar-refractivity contribution in [3.63, 3.8) is 0 Å². The predicted octanol–water partition coefficient (Wildman–Crippen LogP) is 2.02. The van der Waals surface area contributed by atoms with Crippen molar-refractivity contribution in [2.24, 2.45) is 5.92 Å². The molecule has 0 radical (unpaired) electrons. The van der Waals surface area contributed by atoms with E-state index in [1.807, 2.05) is 44.2 Å². The van der Waals surface area contributed by atoms with Crippen LogP contribution in [0.5, 0.6) is 5.75 Å². The topological polar surface area (TPSA) is 76.4 Å². The van der Waals surface area contributed by atoms with Crippen LogP contribution in [0.25, 0.3) is 5.69 Å². The second kappa shape index (κ2) is 8.33. The van der Waals surface area contributed by atoms with Gasteiger partial charge in [0.15, 0.2) is 11.4 Å². The fourth-order valence-electron chi connectivity index (χ4n) is 2.16. The lowest BCUT2D eigenvalue weighted by atomic mass is 10.1. The Morgan fingerprint density at radius 1 is 1.39 bits per heavy atom. The number of aliphatic hydroxyl groups is 1. The molecule has 0 fully saturated rings. The smallest absolute Gasteiger partial charge is 0.275 e. The van der Waals surface area contributed by atoms with E-state index in [2.05, 4.69) is 10.4 Å². The van der Waals surface area contributed by atoms with Crippen LogP contribution in [-0.2, 0) is 0 Å². The molecule has 1 aromatic carbocycles. The van der Waals surface area contributed by atoms with Gasteiger partial charge in [-0.05, 0) is 31.4 Å². The van der Waals surface area contributed by atoms with Gasteiger partial charge in [-0.25, -0.2) is 4.68 Å². The summed E-state index contributed by atoms with van der Waals surface area (Å²) < 4.78 is 7.17. The van der Waals surface area contributed by atoms with Gasteiger partial charge >= 0.3 is 0 Å². The number of benzene rings is 1. The second-order valence-corrected chi connectivity index (χ2v) is 5.38. The van der Waals surface area contributed by atoms with Crippen molar-refractivity contribution in [2.45, 2.75) is 20.3 Å². The number of hydrogen-bond acceptors (Lipinski definition) is 4. The summed E-state index contributed by atoms with van der Waals surface area (Å²) in [6, 6.07) is 9.56. The summed E-state index contributed by atoms with van der Waals surface area (Å²) in [6.07, 6.45) is 2.36. The molecule has 1 heterocycles. The van der Waals surface area contributed by atoms with Gasteiger partial charge in [0.1, 0.15) is 0 Å². The van der Waals surface area contributed by atoms with Crippen molar-refractivity contribution in [1.82, 2.24) is 15.1 Å². The third-order valence-electron chi connectivity index (χ3n) is 3.45. The Labute approximate surface area is 136 Å². The number of aliphatic hydroxyl groups excluding tert-OH is 1. The molecule has 0 bridgehead atoms. The first-order valence-electron chi connectivity index (χ1n) is 7.82. The summed E-state index contributed by atoms with van der Waals surface area (Å²) in [5.41, 5.74) is 1.13. The number of ether oxygens (including phenoxy) is 1. The lowest BCUT2D eigenvalue weighted by molar-refractivity contribution is 0.0936. The highest BCUT2D eigenvalue weighted by Crippen LogP contribution is 2.20. The first-order valence-corrected chi connectivity index (χ1v) is 7.82. The quantitative estimate of drug-likeness (QED) is 0.781. The zero-order chi connectivity index (χ0) is 16.7. The third-order valence-corrected chi connectivity index (χ3v) is 3.45. The van der Waals surface area contributed by atoms with Crippen molar-refractivity contribution >= 4 is 5.91 Å². The van der Waals surface area contributed by atoms with Crippen LogP contribution in [-0.4, -0.2) is 40.6 Å². The van der Waals surface area contributed by atoms with E-state index in [-0.39, 0.29) is 24.1 Å². The Morgan fingerprint density at radius 2 is 2.13 bits per heavy atom. The first-order chi connectivity index (χ1) is 11.2. The van der Waals surface area contributed by atoms with E-state index in [9.17, 15) is 4.79 Å². The van der Waals surface area contributed by atoms with Crippen LogP contribution in [0, 0.1) is 5.92 Å². The zero-order valence-electron chi connectivity index (χ0n) is 13.5. The standard InChI is InChI=1S/C17H23N3O3/c1-3-23-15-12-20(14-7-5-4-6-8-14)19-16(15)17(22)18-11-13(2)9-10-21/h4-8,12-13,21H,3,9-11H2,1-2H3,(H,18,22). The molecule has 1 aromatic heterocycles. The minimum Gasteiger partial charge on any atom is -0.490 e. The van der Waals surface area contributed by atoms with Gasteiger partial charge in [-0.1, -0.05) is 25.1 Å². The summed E-state index contributed by atoms with van der Waals surface area (Å²) >= 11 is 0. The molecular weight excluding hydrogens is 294 g/mol. The molecule has 1 atom stereocenters. The van der Waals surface area contributed by atoms with Crippen LogP contribution >= 0.6 is 0 Å². The van der Waals surface area contributed by atoms with E-state index in [1.165, 1.54) is 0 Å². The molecule has 0 aliphatic rings. The highest BCUT2D eigenvalue weighted by Gasteiger charge is 2.19. The SMILES string of the molecule is CCOc1cn(-c2ccccc2)nc1C(=O)NCC(C)CCO. The van der Waals surface area contributed by atoms with E-state index in [0.717, 1.165) is 5.69 Å². The van der Waals surface area contributed by atoms with E-state index < -0.39 is 0 Å². The van der Waals surface area contributed by atoms with Crippen molar-refractivity contribution < 1.29 is 14.6 Å². The fourth-order valence-corrected chi connectivity index (χ4v) is 2.16. The Kier molecular flexibility index (Phi) is 6.17. The maximum Gasteiger partial charge on any atom is 0.275 e. The second-order valence-electron chi connectivity index (χ2n) is 5.38. The highest BCUT2D eigenvalue weighted by molar-refractivity contribution is 5.94. The van der Waals surface area contributed by atoms with Crippen LogP contribution < -0.4 is 10.1 Å². The normalized spacial score (nSPS) is 12.0. The number of amides is 1. The average molecular weight is 317 g/mol. The van der Waals surface area contributed by atoms with Crippen molar-refractivity contribution in [2.75, 3.05) is 19.8 Å². The summed E-state index contributed by atoms with van der Waals surface area (Å²) in [5.74, 6) is 0.396. The van der Waals surface area contributed by atoms with Crippen molar-refractivity contribution in [3.05, 3.63) is 42.2 Å². The number of nitrogens with zero attached hydrogens (tertiary/aromatic N) is 2. The van der Waals surface area contributed by atoms with Gasteiger partial charge in [-0.2, -0.15) is 5.10 Å². The summed E-state index contributed by atoms with van der Waals surface area (Å²) in [7, 11) is 0. The van der Waals surface area contributed by atoms with E-state index >= 15 is 0 Å². The van der Waals surface area contributed by atoms with Gasteiger partial charge < -0.3 is 15.2 Å². The molecule has 2 aromatic rings. The maximum absolute atomic E-state index is 12.4. The molecular formula is C17H23N3O3. The molecule has 124 valence electrons.